The Morgan fingerprint density at radius 3 is 2.92 bits per heavy atom. The molecule has 0 atom stereocenters. The molecule has 0 aliphatic carbocycles. The van der Waals surface area contributed by atoms with Crippen LogP contribution in [0.3, 0.4) is 0 Å². The quantitative estimate of drug-likeness (QED) is 0.741. The molecule has 0 saturated heterocycles. The van der Waals surface area contributed by atoms with Crippen LogP contribution < -0.4 is 0 Å². The minimum absolute atomic E-state index is 0.192. The van der Waals surface area contributed by atoms with Crippen LogP contribution in [-0.2, 0) is 6.54 Å². The van der Waals surface area contributed by atoms with Crippen molar-refractivity contribution in [3.8, 4) is 0 Å². The van der Waals surface area contributed by atoms with Crippen molar-refractivity contribution in [3.05, 3.63) is 36.0 Å². The van der Waals surface area contributed by atoms with Crippen LogP contribution in [0.2, 0.25) is 0 Å². The molecule has 1 aromatic heterocycles. The zero-order chi connectivity index (χ0) is 9.26. The van der Waals surface area contributed by atoms with E-state index in [1.54, 1.807) is 0 Å². The molecule has 0 bridgehead atoms. The van der Waals surface area contributed by atoms with Gasteiger partial charge in [-0.3, -0.25) is 0 Å². The molecule has 0 fully saturated rings. The number of nitrogens with zero attached hydrogens (tertiary/aromatic N) is 1. The van der Waals surface area contributed by atoms with E-state index in [-0.39, 0.29) is 6.61 Å². The topological polar surface area (TPSA) is 25.2 Å². The van der Waals surface area contributed by atoms with Gasteiger partial charge in [0, 0.05) is 18.3 Å². The highest BCUT2D eigenvalue weighted by molar-refractivity contribution is 5.80. The number of rotatable bonds is 2. The van der Waals surface area contributed by atoms with Crippen LogP contribution in [0.1, 0.15) is 5.56 Å². The Morgan fingerprint density at radius 1 is 1.31 bits per heavy atom. The number of benzene rings is 1. The number of aliphatic hydroxyl groups excluding tert-OH is 1. The Labute approximate surface area is 77.4 Å². The Hall–Kier alpha value is -1.28. The number of fused-ring (bicyclic) bond motifs is 1. The van der Waals surface area contributed by atoms with Crippen LogP contribution >= 0.6 is 0 Å². The van der Waals surface area contributed by atoms with Crippen molar-refractivity contribution in [2.45, 2.75) is 13.5 Å². The minimum atomic E-state index is 0.192. The van der Waals surface area contributed by atoms with Gasteiger partial charge in [0.15, 0.2) is 0 Å². The number of aryl methyl sites for hydroxylation is 1. The van der Waals surface area contributed by atoms with Crippen LogP contribution in [0.25, 0.3) is 10.9 Å². The third-order valence-electron chi connectivity index (χ3n) is 2.27. The van der Waals surface area contributed by atoms with Gasteiger partial charge in [-0.25, -0.2) is 0 Å². The summed E-state index contributed by atoms with van der Waals surface area (Å²) in [5.74, 6) is 0. The molecule has 0 aliphatic heterocycles. The van der Waals surface area contributed by atoms with Crippen molar-refractivity contribution in [1.29, 1.82) is 0 Å². The average Bonchev–Trinajstić information content (AvgIpc) is 2.49. The van der Waals surface area contributed by atoms with E-state index in [1.807, 2.05) is 6.20 Å². The minimum Gasteiger partial charge on any atom is -0.395 e. The van der Waals surface area contributed by atoms with E-state index in [4.69, 9.17) is 5.11 Å². The normalized spacial score (nSPS) is 10.9. The molecule has 0 radical (unpaired) electrons. The first-order valence-electron chi connectivity index (χ1n) is 4.47. The van der Waals surface area contributed by atoms with Gasteiger partial charge in [0.2, 0.25) is 0 Å². The Balaban J connectivity index is 2.55. The van der Waals surface area contributed by atoms with Crippen LogP contribution in [0.4, 0.5) is 0 Å². The van der Waals surface area contributed by atoms with Crippen LogP contribution in [0.5, 0.6) is 0 Å². The maximum atomic E-state index is 8.83. The van der Waals surface area contributed by atoms with Crippen LogP contribution in [0, 0.1) is 6.92 Å². The van der Waals surface area contributed by atoms with Crippen LogP contribution in [-0.4, -0.2) is 16.3 Å². The third-order valence-corrected chi connectivity index (χ3v) is 2.27. The third kappa shape index (κ3) is 1.45. The highest BCUT2D eigenvalue weighted by atomic mass is 16.3. The van der Waals surface area contributed by atoms with Gasteiger partial charge in [0.25, 0.3) is 0 Å². The van der Waals surface area contributed by atoms with Gasteiger partial charge in [-0.15, -0.1) is 0 Å². The summed E-state index contributed by atoms with van der Waals surface area (Å²) in [4.78, 5) is 0. The molecule has 2 aromatic rings. The molecular formula is C11H13NO. The zero-order valence-corrected chi connectivity index (χ0v) is 7.70. The van der Waals surface area contributed by atoms with E-state index >= 15 is 0 Å². The maximum absolute atomic E-state index is 8.83. The van der Waals surface area contributed by atoms with Gasteiger partial charge in [-0.1, -0.05) is 11.6 Å². The number of aromatic nitrogens is 1. The fourth-order valence-electron chi connectivity index (χ4n) is 1.62. The molecule has 0 spiro atoms. The molecule has 1 aromatic carbocycles. The highest BCUT2D eigenvalue weighted by Crippen LogP contribution is 2.16. The van der Waals surface area contributed by atoms with E-state index in [1.165, 1.54) is 16.5 Å². The van der Waals surface area contributed by atoms with Crippen molar-refractivity contribution >= 4 is 10.9 Å². The van der Waals surface area contributed by atoms with Crippen molar-refractivity contribution in [2.24, 2.45) is 0 Å². The molecule has 2 rings (SSSR count). The largest absolute Gasteiger partial charge is 0.395 e. The van der Waals surface area contributed by atoms with Crippen molar-refractivity contribution < 1.29 is 5.11 Å². The average molecular weight is 175 g/mol. The van der Waals surface area contributed by atoms with E-state index in [0.717, 1.165) is 0 Å². The highest BCUT2D eigenvalue weighted by Gasteiger charge is 1.99. The monoisotopic (exact) mass is 175 g/mol. The molecule has 1 heterocycles. The second-order valence-corrected chi connectivity index (χ2v) is 3.30. The standard InChI is InChI=1S/C11H13NO/c1-9-2-3-11-10(8-9)4-5-12(11)6-7-13/h2-5,8,13H,6-7H2,1H3. The maximum Gasteiger partial charge on any atom is 0.0610 e. The molecule has 2 heteroatoms. The molecule has 0 unspecified atom stereocenters. The molecule has 1 N–H and O–H groups in total. The second kappa shape index (κ2) is 3.23. The predicted octanol–water partition coefficient (Wildman–Crippen LogP) is 1.94. The summed E-state index contributed by atoms with van der Waals surface area (Å²) >= 11 is 0. The number of hydrogen-bond donors (Lipinski definition) is 1. The predicted molar refractivity (Wildman–Crippen MR) is 53.8 cm³/mol. The Bertz CT molecular complexity index is 417. The van der Waals surface area contributed by atoms with Gasteiger partial charge in [0.05, 0.1) is 6.61 Å². The smallest absolute Gasteiger partial charge is 0.0610 e. The summed E-state index contributed by atoms with van der Waals surface area (Å²) in [6.45, 7) is 2.95. The lowest BCUT2D eigenvalue weighted by atomic mass is 10.2. The van der Waals surface area contributed by atoms with Gasteiger partial charge >= 0.3 is 0 Å². The lowest BCUT2D eigenvalue weighted by molar-refractivity contribution is 0.278. The Morgan fingerprint density at radius 2 is 2.15 bits per heavy atom. The summed E-state index contributed by atoms with van der Waals surface area (Å²) in [6, 6.07) is 8.43. The lowest BCUT2D eigenvalue weighted by Gasteiger charge is -2.02. The molecule has 0 saturated carbocycles. The first-order chi connectivity index (χ1) is 6.31. The van der Waals surface area contributed by atoms with E-state index in [9.17, 15) is 0 Å². The first kappa shape index (κ1) is 8.32. The van der Waals surface area contributed by atoms with Crippen LogP contribution in [0.15, 0.2) is 30.5 Å². The SMILES string of the molecule is Cc1ccc2c(ccn2CCO)c1. The summed E-state index contributed by atoms with van der Waals surface area (Å²) in [6.07, 6.45) is 2.01. The van der Waals surface area contributed by atoms with Crippen molar-refractivity contribution in [2.75, 3.05) is 6.61 Å². The number of aliphatic hydroxyl groups is 1. The van der Waals surface area contributed by atoms with Crippen molar-refractivity contribution in [3.63, 3.8) is 0 Å². The first-order valence-corrected chi connectivity index (χ1v) is 4.47. The molecular weight excluding hydrogens is 162 g/mol. The molecule has 13 heavy (non-hydrogen) atoms. The summed E-state index contributed by atoms with van der Waals surface area (Å²) < 4.78 is 2.06. The fraction of sp³-hybridized carbons (Fsp3) is 0.273. The van der Waals surface area contributed by atoms with Gasteiger partial charge in [-0.2, -0.15) is 0 Å². The van der Waals surface area contributed by atoms with E-state index in [2.05, 4.69) is 35.8 Å². The van der Waals surface area contributed by atoms with Crippen molar-refractivity contribution in [1.82, 2.24) is 4.57 Å². The molecule has 2 nitrogen and oxygen atoms in total. The zero-order valence-electron chi connectivity index (χ0n) is 7.70. The lowest BCUT2D eigenvalue weighted by Crippen LogP contribution is -1.99. The molecule has 68 valence electrons. The summed E-state index contributed by atoms with van der Waals surface area (Å²) in [7, 11) is 0. The summed E-state index contributed by atoms with van der Waals surface area (Å²) in [5.41, 5.74) is 2.47. The second-order valence-electron chi connectivity index (χ2n) is 3.30. The molecule has 0 aliphatic rings. The van der Waals surface area contributed by atoms with Gasteiger partial charge in [-0.05, 0) is 30.5 Å². The molecule has 0 amide bonds. The summed E-state index contributed by atoms with van der Waals surface area (Å²) in [5, 5.41) is 10.1. The van der Waals surface area contributed by atoms with E-state index in [0.29, 0.717) is 6.54 Å². The van der Waals surface area contributed by atoms with Gasteiger partial charge in [0.1, 0.15) is 0 Å². The number of hydrogen-bond acceptors (Lipinski definition) is 1. The fourth-order valence-corrected chi connectivity index (χ4v) is 1.62. The Kier molecular flexibility index (Phi) is 2.07. The van der Waals surface area contributed by atoms with E-state index < -0.39 is 0 Å². The van der Waals surface area contributed by atoms with Gasteiger partial charge < -0.3 is 9.67 Å².